The van der Waals surface area contributed by atoms with Crippen molar-refractivity contribution in [1.29, 1.82) is 0 Å². The smallest absolute Gasteiger partial charge is 0.109 e. The van der Waals surface area contributed by atoms with Gasteiger partial charge in [0.2, 0.25) is 0 Å². The van der Waals surface area contributed by atoms with Crippen molar-refractivity contribution in [3.63, 3.8) is 0 Å². The first-order valence-electron chi connectivity index (χ1n) is 5.75. The van der Waals surface area contributed by atoms with E-state index in [0.29, 0.717) is 0 Å². The summed E-state index contributed by atoms with van der Waals surface area (Å²) in [5.41, 5.74) is 2.90. The molecule has 2 aromatic rings. The summed E-state index contributed by atoms with van der Waals surface area (Å²) in [5.74, 6) is 0. The highest BCUT2D eigenvalue weighted by atomic mass is 16.3. The van der Waals surface area contributed by atoms with E-state index in [-0.39, 0.29) is 0 Å². The predicted octanol–water partition coefficient (Wildman–Crippen LogP) is 2.57. The SMILES string of the molecule is Cc1c2c(cc3ccccc13)C=CC(O)C2O. The van der Waals surface area contributed by atoms with Crippen LogP contribution in [-0.2, 0) is 0 Å². The zero-order valence-electron chi connectivity index (χ0n) is 9.59. The van der Waals surface area contributed by atoms with Crippen LogP contribution in [0.4, 0.5) is 0 Å². The van der Waals surface area contributed by atoms with Crippen LogP contribution in [0.25, 0.3) is 16.8 Å². The molecule has 2 aromatic carbocycles. The first-order valence-corrected chi connectivity index (χ1v) is 5.75. The first kappa shape index (κ1) is 10.5. The normalized spacial score (nSPS) is 22.8. The molecule has 2 unspecified atom stereocenters. The van der Waals surface area contributed by atoms with Gasteiger partial charge in [-0.15, -0.1) is 0 Å². The Hall–Kier alpha value is -1.64. The molecule has 0 heterocycles. The van der Waals surface area contributed by atoms with Crippen molar-refractivity contribution >= 4 is 16.8 Å². The highest BCUT2D eigenvalue weighted by Gasteiger charge is 2.24. The van der Waals surface area contributed by atoms with E-state index in [1.165, 1.54) is 0 Å². The third-order valence-electron chi connectivity index (χ3n) is 3.48. The van der Waals surface area contributed by atoms with E-state index in [0.717, 1.165) is 27.5 Å². The van der Waals surface area contributed by atoms with Crippen molar-refractivity contribution in [3.05, 3.63) is 53.1 Å². The minimum absolute atomic E-state index is 0.803. The maximum Gasteiger partial charge on any atom is 0.109 e. The molecule has 0 bridgehead atoms. The summed E-state index contributed by atoms with van der Waals surface area (Å²) in [7, 11) is 0. The summed E-state index contributed by atoms with van der Waals surface area (Å²) in [6, 6.07) is 10.2. The fourth-order valence-electron chi connectivity index (χ4n) is 2.58. The van der Waals surface area contributed by atoms with Gasteiger partial charge in [0, 0.05) is 0 Å². The highest BCUT2D eigenvalue weighted by molar-refractivity contribution is 5.90. The molecule has 2 atom stereocenters. The summed E-state index contributed by atoms with van der Waals surface area (Å²) >= 11 is 0. The number of hydrogen-bond donors (Lipinski definition) is 2. The van der Waals surface area contributed by atoms with Crippen molar-refractivity contribution in [2.24, 2.45) is 0 Å². The molecule has 0 spiro atoms. The summed E-state index contributed by atoms with van der Waals surface area (Å²) < 4.78 is 0. The van der Waals surface area contributed by atoms with Crippen LogP contribution in [0.1, 0.15) is 22.8 Å². The Morgan fingerprint density at radius 3 is 2.71 bits per heavy atom. The number of rotatable bonds is 0. The molecular weight excluding hydrogens is 212 g/mol. The third kappa shape index (κ3) is 1.49. The maximum absolute atomic E-state index is 10.1. The summed E-state index contributed by atoms with van der Waals surface area (Å²) in [6.45, 7) is 2.00. The highest BCUT2D eigenvalue weighted by Crippen LogP contribution is 2.35. The molecule has 0 aromatic heterocycles. The topological polar surface area (TPSA) is 40.5 Å². The maximum atomic E-state index is 10.1. The van der Waals surface area contributed by atoms with Gasteiger partial charge in [-0.2, -0.15) is 0 Å². The molecule has 1 aliphatic rings. The fraction of sp³-hybridized carbons (Fsp3) is 0.200. The van der Waals surface area contributed by atoms with Gasteiger partial charge < -0.3 is 10.2 Å². The molecule has 3 rings (SSSR count). The van der Waals surface area contributed by atoms with Crippen LogP contribution >= 0.6 is 0 Å². The average Bonchev–Trinajstić information content (AvgIpc) is 2.34. The van der Waals surface area contributed by atoms with Gasteiger partial charge in [-0.05, 0) is 40.5 Å². The number of aliphatic hydroxyl groups is 2. The quantitative estimate of drug-likeness (QED) is 0.724. The van der Waals surface area contributed by atoms with E-state index in [2.05, 4.69) is 12.1 Å². The molecule has 0 saturated heterocycles. The number of benzene rings is 2. The van der Waals surface area contributed by atoms with Crippen LogP contribution in [0.3, 0.4) is 0 Å². The van der Waals surface area contributed by atoms with Crippen LogP contribution in [-0.4, -0.2) is 16.3 Å². The summed E-state index contributed by atoms with van der Waals surface area (Å²) in [4.78, 5) is 0. The third-order valence-corrected chi connectivity index (χ3v) is 3.48. The molecule has 2 heteroatoms. The molecule has 0 amide bonds. The number of fused-ring (bicyclic) bond motifs is 2. The molecule has 1 aliphatic carbocycles. The van der Waals surface area contributed by atoms with E-state index in [9.17, 15) is 10.2 Å². The van der Waals surface area contributed by atoms with E-state index < -0.39 is 12.2 Å². The van der Waals surface area contributed by atoms with Crippen molar-refractivity contribution in [1.82, 2.24) is 0 Å². The van der Waals surface area contributed by atoms with Crippen molar-refractivity contribution in [2.45, 2.75) is 19.1 Å². The molecule has 86 valence electrons. The zero-order chi connectivity index (χ0) is 12.0. The molecule has 0 radical (unpaired) electrons. The Balaban J connectivity index is 2.38. The average molecular weight is 226 g/mol. The molecule has 0 fully saturated rings. The van der Waals surface area contributed by atoms with Crippen molar-refractivity contribution in [2.75, 3.05) is 0 Å². The Bertz CT molecular complexity index is 614. The zero-order valence-corrected chi connectivity index (χ0v) is 9.59. The van der Waals surface area contributed by atoms with Crippen LogP contribution in [0, 0.1) is 6.92 Å². The largest absolute Gasteiger partial charge is 0.386 e. The van der Waals surface area contributed by atoms with Gasteiger partial charge in [-0.25, -0.2) is 0 Å². The lowest BCUT2D eigenvalue weighted by atomic mass is 9.86. The van der Waals surface area contributed by atoms with E-state index in [1.54, 1.807) is 6.08 Å². The Morgan fingerprint density at radius 1 is 1.12 bits per heavy atom. The summed E-state index contributed by atoms with van der Waals surface area (Å²) in [5, 5.41) is 22.0. The van der Waals surface area contributed by atoms with E-state index in [4.69, 9.17) is 0 Å². The second kappa shape index (κ2) is 3.69. The van der Waals surface area contributed by atoms with E-state index in [1.807, 2.05) is 31.2 Å². The van der Waals surface area contributed by atoms with Crippen molar-refractivity contribution in [3.8, 4) is 0 Å². The molecule has 2 N–H and O–H groups in total. The lowest BCUT2D eigenvalue weighted by molar-refractivity contribution is 0.0467. The van der Waals surface area contributed by atoms with Gasteiger partial charge in [0.1, 0.15) is 12.2 Å². The standard InChI is InChI=1S/C15H14O2/c1-9-12-5-3-2-4-10(12)8-11-6-7-13(16)15(17)14(9)11/h2-8,13,15-17H,1H3. The van der Waals surface area contributed by atoms with Gasteiger partial charge >= 0.3 is 0 Å². The minimum atomic E-state index is -0.820. The molecular formula is C15H14O2. The number of hydrogen-bond acceptors (Lipinski definition) is 2. The van der Waals surface area contributed by atoms with Crippen LogP contribution in [0.5, 0.6) is 0 Å². The van der Waals surface area contributed by atoms with Gasteiger partial charge in [0.15, 0.2) is 0 Å². The predicted molar refractivity (Wildman–Crippen MR) is 68.7 cm³/mol. The Kier molecular flexibility index (Phi) is 2.28. The van der Waals surface area contributed by atoms with Crippen LogP contribution in [0.2, 0.25) is 0 Å². The molecule has 0 saturated carbocycles. The van der Waals surface area contributed by atoms with Crippen LogP contribution in [0.15, 0.2) is 36.4 Å². The van der Waals surface area contributed by atoms with Gasteiger partial charge in [0.25, 0.3) is 0 Å². The fourth-order valence-corrected chi connectivity index (χ4v) is 2.58. The van der Waals surface area contributed by atoms with Gasteiger partial charge in [-0.3, -0.25) is 0 Å². The number of aryl methyl sites for hydroxylation is 1. The van der Waals surface area contributed by atoms with Crippen molar-refractivity contribution < 1.29 is 10.2 Å². The Labute approximate surface area is 99.8 Å². The molecule has 0 aliphatic heterocycles. The monoisotopic (exact) mass is 226 g/mol. The van der Waals surface area contributed by atoms with E-state index >= 15 is 0 Å². The van der Waals surface area contributed by atoms with Gasteiger partial charge in [0.05, 0.1) is 0 Å². The van der Waals surface area contributed by atoms with Crippen LogP contribution < -0.4 is 0 Å². The number of aliphatic hydroxyl groups excluding tert-OH is 2. The first-order chi connectivity index (χ1) is 8.18. The second-order valence-corrected chi connectivity index (χ2v) is 4.52. The molecule has 17 heavy (non-hydrogen) atoms. The van der Waals surface area contributed by atoms with Gasteiger partial charge in [-0.1, -0.05) is 36.4 Å². The minimum Gasteiger partial charge on any atom is -0.386 e. The Morgan fingerprint density at radius 2 is 1.88 bits per heavy atom. The lowest BCUT2D eigenvalue weighted by Crippen LogP contribution is -2.20. The lowest BCUT2D eigenvalue weighted by Gasteiger charge is -2.24. The second-order valence-electron chi connectivity index (χ2n) is 4.52. The molecule has 2 nitrogen and oxygen atoms in total. The summed E-state index contributed by atoms with van der Waals surface area (Å²) in [6.07, 6.45) is 1.90.